The van der Waals surface area contributed by atoms with E-state index in [2.05, 4.69) is 68.5 Å². The Bertz CT molecular complexity index is 407. The molecule has 1 fully saturated rings. The molecule has 1 saturated carbocycles. The Balaban J connectivity index is 1.98. The zero-order chi connectivity index (χ0) is 15.3. The van der Waals surface area contributed by atoms with Gasteiger partial charge < -0.3 is 10.2 Å². The minimum absolute atomic E-state index is 0.212. The van der Waals surface area contributed by atoms with Gasteiger partial charge in [0.15, 0.2) is 0 Å². The molecule has 1 unspecified atom stereocenters. The van der Waals surface area contributed by atoms with Crippen molar-refractivity contribution < 1.29 is 0 Å². The Hall–Kier alpha value is -0.860. The fourth-order valence-electron chi connectivity index (χ4n) is 4.14. The minimum Gasteiger partial charge on any atom is -0.313 e. The Morgan fingerprint density at radius 2 is 1.81 bits per heavy atom. The van der Waals surface area contributed by atoms with Gasteiger partial charge in [-0.15, -0.1) is 0 Å². The molecule has 0 heterocycles. The topological polar surface area (TPSA) is 15.3 Å². The lowest BCUT2D eigenvalue weighted by Crippen LogP contribution is -2.41. The summed E-state index contributed by atoms with van der Waals surface area (Å²) < 4.78 is 0. The van der Waals surface area contributed by atoms with Gasteiger partial charge in [-0.05, 0) is 43.8 Å². The van der Waals surface area contributed by atoms with Crippen LogP contribution in [0.5, 0.6) is 0 Å². The van der Waals surface area contributed by atoms with Crippen LogP contribution in [0.2, 0.25) is 0 Å². The summed E-state index contributed by atoms with van der Waals surface area (Å²) >= 11 is 0. The predicted octanol–water partition coefficient (Wildman–Crippen LogP) is 4.10. The van der Waals surface area contributed by atoms with Crippen LogP contribution in [0.1, 0.15) is 51.1 Å². The molecule has 118 valence electrons. The molecule has 2 heteroatoms. The molecule has 2 nitrogen and oxygen atoms in total. The summed E-state index contributed by atoms with van der Waals surface area (Å²) in [6, 6.07) is 11.2. The van der Waals surface area contributed by atoms with E-state index >= 15 is 0 Å². The summed E-state index contributed by atoms with van der Waals surface area (Å²) in [5.41, 5.74) is 1.60. The van der Waals surface area contributed by atoms with Crippen LogP contribution in [0.3, 0.4) is 0 Å². The van der Waals surface area contributed by atoms with Gasteiger partial charge in [-0.3, -0.25) is 0 Å². The van der Waals surface area contributed by atoms with Crippen LogP contribution < -0.4 is 5.32 Å². The van der Waals surface area contributed by atoms with Gasteiger partial charge >= 0.3 is 0 Å². The standard InChI is InChI=1S/C19H32N2/c1-19(2,15-21(4)14-16-10-8-9-11-16)18(20-3)17-12-6-5-7-13-17/h5-7,12-13,16,18,20H,8-11,14-15H2,1-4H3. The lowest BCUT2D eigenvalue weighted by Gasteiger charge is -2.38. The van der Waals surface area contributed by atoms with Crippen molar-refractivity contribution in [2.45, 2.75) is 45.6 Å². The molecule has 1 N–H and O–H groups in total. The monoisotopic (exact) mass is 288 g/mol. The van der Waals surface area contributed by atoms with E-state index in [0.717, 1.165) is 12.5 Å². The molecule has 1 aromatic carbocycles. The third-order valence-corrected chi connectivity index (χ3v) is 4.93. The molecule has 0 amide bonds. The highest BCUT2D eigenvalue weighted by Gasteiger charge is 2.31. The van der Waals surface area contributed by atoms with Crippen molar-refractivity contribution in [1.82, 2.24) is 10.2 Å². The molecule has 0 aromatic heterocycles. The zero-order valence-corrected chi connectivity index (χ0v) is 14.2. The van der Waals surface area contributed by atoms with Gasteiger partial charge in [-0.25, -0.2) is 0 Å². The molecular weight excluding hydrogens is 256 g/mol. The van der Waals surface area contributed by atoms with Crippen LogP contribution in [-0.4, -0.2) is 32.1 Å². The highest BCUT2D eigenvalue weighted by atomic mass is 15.1. The first-order valence-corrected chi connectivity index (χ1v) is 8.43. The van der Waals surface area contributed by atoms with Crippen molar-refractivity contribution in [1.29, 1.82) is 0 Å². The van der Waals surface area contributed by atoms with Crippen LogP contribution in [-0.2, 0) is 0 Å². The highest BCUT2D eigenvalue weighted by Crippen LogP contribution is 2.34. The normalized spacial score (nSPS) is 18.3. The number of hydrogen-bond donors (Lipinski definition) is 1. The lowest BCUT2D eigenvalue weighted by molar-refractivity contribution is 0.147. The average Bonchev–Trinajstić information content (AvgIpc) is 2.92. The first kappa shape index (κ1) is 16.5. The van der Waals surface area contributed by atoms with E-state index in [-0.39, 0.29) is 5.41 Å². The molecule has 1 aliphatic carbocycles. The second-order valence-electron chi connectivity index (χ2n) is 7.47. The summed E-state index contributed by atoms with van der Waals surface area (Å²) in [5.74, 6) is 0.926. The number of hydrogen-bond acceptors (Lipinski definition) is 2. The molecule has 1 aromatic rings. The molecule has 1 aliphatic rings. The van der Waals surface area contributed by atoms with Crippen molar-refractivity contribution >= 4 is 0 Å². The van der Waals surface area contributed by atoms with Gasteiger partial charge in [-0.1, -0.05) is 57.0 Å². The third kappa shape index (κ3) is 4.55. The fraction of sp³-hybridized carbons (Fsp3) is 0.684. The Morgan fingerprint density at radius 1 is 1.19 bits per heavy atom. The van der Waals surface area contributed by atoms with E-state index in [1.165, 1.54) is 37.8 Å². The SMILES string of the molecule is CNC(c1ccccc1)C(C)(C)CN(C)CC1CCCC1. The summed E-state index contributed by atoms with van der Waals surface area (Å²) in [7, 11) is 4.37. The van der Waals surface area contributed by atoms with Gasteiger partial charge in [0, 0.05) is 19.1 Å². The number of nitrogens with one attached hydrogen (secondary N) is 1. The number of benzene rings is 1. The van der Waals surface area contributed by atoms with Gasteiger partial charge in [-0.2, -0.15) is 0 Å². The predicted molar refractivity (Wildman–Crippen MR) is 91.5 cm³/mol. The van der Waals surface area contributed by atoms with Crippen molar-refractivity contribution in [3.63, 3.8) is 0 Å². The minimum atomic E-state index is 0.212. The van der Waals surface area contributed by atoms with Crippen molar-refractivity contribution in [2.75, 3.05) is 27.2 Å². The first-order chi connectivity index (χ1) is 10.0. The Kier molecular flexibility index (Phi) is 5.83. The molecule has 0 spiro atoms. The summed E-state index contributed by atoms with van der Waals surface area (Å²) in [6.07, 6.45) is 5.73. The maximum Gasteiger partial charge on any atom is 0.0381 e. The summed E-state index contributed by atoms with van der Waals surface area (Å²) in [5, 5.41) is 3.53. The third-order valence-electron chi connectivity index (χ3n) is 4.93. The van der Waals surface area contributed by atoms with E-state index < -0.39 is 0 Å². The van der Waals surface area contributed by atoms with Crippen LogP contribution >= 0.6 is 0 Å². The van der Waals surface area contributed by atoms with Gasteiger partial charge in [0.1, 0.15) is 0 Å². The Morgan fingerprint density at radius 3 is 2.38 bits per heavy atom. The fourth-order valence-corrected chi connectivity index (χ4v) is 4.14. The van der Waals surface area contributed by atoms with Crippen molar-refractivity contribution in [3.8, 4) is 0 Å². The second kappa shape index (κ2) is 7.42. The van der Waals surface area contributed by atoms with Crippen molar-refractivity contribution in [2.24, 2.45) is 11.3 Å². The maximum absolute atomic E-state index is 3.53. The molecule has 0 radical (unpaired) electrons. The molecule has 0 bridgehead atoms. The second-order valence-corrected chi connectivity index (χ2v) is 7.47. The van der Waals surface area contributed by atoms with Crippen LogP contribution in [0.4, 0.5) is 0 Å². The molecule has 21 heavy (non-hydrogen) atoms. The van der Waals surface area contributed by atoms with Gasteiger partial charge in [0.25, 0.3) is 0 Å². The largest absolute Gasteiger partial charge is 0.313 e. The number of rotatable bonds is 7. The van der Waals surface area contributed by atoms with E-state index in [0.29, 0.717) is 6.04 Å². The van der Waals surface area contributed by atoms with Gasteiger partial charge in [0.05, 0.1) is 0 Å². The van der Waals surface area contributed by atoms with E-state index in [1.807, 2.05) is 0 Å². The summed E-state index contributed by atoms with van der Waals surface area (Å²) in [6.45, 7) is 7.15. The van der Waals surface area contributed by atoms with Crippen LogP contribution in [0.25, 0.3) is 0 Å². The van der Waals surface area contributed by atoms with E-state index in [1.54, 1.807) is 0 Å². The first-order valence-electron chi connectivity index (χ1n) is 8.43. The highest BCUT2D eigenvalue weighted by molar-refractivity contribution is 5.21. The number of nitrogens with zero attached hydrogens (tertiary/aromatic N) is 1. The van der Waals surface area contributed by atoms with Crippen LogP contribution in [0.15, 0.2) is 30.3 Å². The molecule has 2 rings (SSSR count). The quantitative estimate of drug-likeness (QED) is 0.813. The smallest absolute Gasteiger partial charge is 0.0381 e. The van der Waals surface area contributed by atoms with Gasteiger partial charge in [0.2, 0.25) is 0 Å². The summed E-state index contributed by atoms with van der Waals surface area (Å²) in [4.78, 5) is 2.54. The zero-order valence-electron chi connectivity index (χ0n) is 14.2. The molecule has 0 saturated heterocycles. The maximum atomic E-state index is 3.53. The van der Waals surface area contributed by atoms with Crippen molar-refractivity contribution in [3.05, 3.63) is 35.9 Å². The van der Waals surface area contributed by atoms with Crippen LogP contribution in [0, 0.1) is 11.3 Å². The average molecular weight is 288 g/mol. The molecule has 0 aliphatic heterocycles. The van der Waals surface area contributed by atoms with E-state index in [9.17, 15) is 0 Å². The molecular formula is C19H32N2. The molecule has 1 atom stereocenters. The van der Waals surface area contributed by atoms with E-state index in [4.69, 9.17) is 0 Å². The Labute approximate surface area is 130 Å². The lowest BCUT2D eigenvalue weighted by atomic mass is 9.80.